The smallest absolute Gasteiger partial charge is 0.225 e. The van der Waals surface area contributed by atoms with Crippen LogP contribution in [0.3, 0.4) is 0 Å². The highest BCUT2D eigenvalue weighted by molar-refractivity contribution is 5.89. The number of anilines is 4. The van der Waals surface area contributed by atoms with Crippen LogP contribution in [-0.4, -0.2) is 29.2 Å². The number of carbonyl (C=O) groups is 1. The molecule has 0 aliphatic carbocycles. The summed E-state index contributed by atoms with van der Waals surface area (Å²) in [5, 5.41) is 14.0. The summed E-state index contributed by atoms with van der Waals surface area (Å²) in [6, 6.07) is 11.9. The lowest BCUT2D eigenvalue weighted by Gasteiger charge is -2.28. The number of benzene rings is 1. The first-order valence-electron chi connectivity index (χ1n) is 8.50. The third-order valence-corrected chi connectivity index (χ3v) is 4.11. The molecular weight excluding hydrogens is 302 g/mol. The Morgan fingerprint density at radius 1 is 1.00 bits per heavy atom. The Kier molecular flexibility index (Phi) is 5.25. The number of piperidine rings is 1. The molecule has 1 aliphatic heterocycles. The van der Waals surface area contributed by atoms with E-state index < -0.39 is 0 Å². The van der Waals surface area contributed by atoms with Gasteiger partial charge >= 0.3 is 0 Å². The van der Waals surface area contributed by atoms with Crippen LogP contribution in [-0.2, 0) is 4.79 Å². The van der Waals surface area contributed by atoms with Crippen molar-refractivity contribution in [1.82, 2.24) is 10.2 Å². The van der Waals surface area contributed by atoms with Gasteiger partial charge < -0.3 is 15.5 Å². The number of nitrogens with zero attached hydrogens (tertiary/aromatic N) is 3. The summed E-state index contributed by atoms with van der Waals surface area (Å²) in [6.07, 6.45) is 4.31. The molecule has 6 heteroatoms. The van der Waals surface area contributed by atoms with E-state index in [0.29, 0.717) is 18.1 Å². The molecule has 2 heterocycles. The van der Waals surface area contributed by atoms with Crippen molar-refractivity contribution in [3.05, 3.63) is 36.4 Å². The van der Waals surface area contributed by atoms with Gasteiger partial charge in [-0.1, -0.05) is 6.92 Å². The first kappa shape index (κ1) is 16.2. The molecule has 0 saturated carbocycles. The van der Waals surface area contributed by atoms with Crippen molar-refractivity contribution in [2.45, 2.75) is 32.6 Å². The van der Waals surface area contributed by atoms with E-state index in [0.717, 1.165) is 18.8 Å². The number of hydrogen-bond donors (Lipinski definition) is 2. The molecule has 1 aromatic carbocycles. The maximum atomic E-state index is 11.3. The minimum absolute atomic E-state index is 0.0710. The fraction of sp³-hybridized carbons (Fsp3) is 0.389. The normalized spacial score (nSPS) is 14.3. The molecule has 1 aromatic heterocycles. The van der Waals surface area contributed by atoms with Gasteiger partial charge in [-0.2, -0.15) is 0 Å². The van der Waals surface area contributed by atoms with Gasteiger partial charge in [-0.3, -0.25) is 4.79 Å². The second-order valence-electron chi connectivity index (χ2n) is 5.93. The van der Waals surface area contributed by atoms with E-state index in [1.54, 1.807) is 19.1 Å². The van der Waals surface area contributed by atoms with Gasteiger partial charge in [0.05, 0.1) is 0 Å². The molecule has 1 saturated heterocycles. The first-order chi connectivity index (χ1) is 11.7. The molecule has 2 N–H and O–H groups in total. The number of hydrogen-bond acceptors (Lipinski definition) is 5. The number of aromatic nitrogens is 2. The molecule has 0 unspecified atom stereocenters. The predicted molar refractivity (Wildman–Crippen MR) is 96.7 cm³/mol. The van der Waals surface area contributed by atoms with Crippen LogP contribution in [0.1, 0.15) is 32.6 Å². The van der Waals surface area contributed by atoms with E-state index in [1.165, 1.54) is 24.9 Å². The number of amides is 1. The molecule has 24 heavy (non-hydrogen) atoms. The summed E-state index contributed by atoms with van der Waals surface area (Å²) >= 11 is 0. The number of nitrogens with one attached hydrogen (secondary N) is 2. The van der Waals surface area contributed by atoms with Crippen LogP contribution in [0.5, 0.6) is 0 Å². The van der Waals surface area contributed by atoms with Gasteiger partial charge in [-0.15, -0.1) is 10.2 Å². The molecule has 0 atom stereocenters. The Balaban J connectivity index is 1.60. The average Bonchev–Trinajstić information content (AvgIpc) is 2.64. The fourth-order valence-electron chi connectivity index (χ4n) is 2.75. The van der Waals surface area contributed by atoms with Crippen LogP contribution < -0.4 is 15.5 Å². The zero-order chi connectivity index (χ0) is 16.8. The van der Waals surface area contributed by atoms with E-state index in [-0.39, 0.29) is 5.91 Å². The SMILES string of the molecule is CCC(=O)Nc1ccc(Nc2ccc(N3CCCCC3)cc2)nn1. The highest BCUT2D eigenvalue weighted by Crippen LogP contribution is 2.23. The van der Waals surface area contributed by atoms with Crippen LogP contribution >= 0.6 is 0 Å². The van der Waals surface area contributed by atoms with Crippen molar-refractivity contribution in [1.29, 1.82) is 0 Å². The van der Waals surface area contributed by atoms with Crippen molar-refractivity contribution in [3.8, 4) is 0 Å². The summed E-state index contributed by atoms with van der Waals surface area (Å²) in [5.74, 6) is 1.04. The van der Waals surface area contributed by atoms with Crippen molar-refractivity contribution in [3.63, 3.8) is 0 Å². The van der Waals surface area contributed by atoms with E-state index >= 15 is 0 Å². The molecule has 0 bridgehead atoms. The van der Waals surface area contributed by atoms with Crippen molar-refractivity contribution in [2.24, 2.45) is 0 Å². The Morgan fingerprint density at radius 2 is 1.67 bits per heavy atom. The Hall–Kier alpha value is -2.63. The molecule has 3 rings (SSSR count). The summed E-state index contributed by atoms with van der Waals surface area (Å²) < 4.78 is 0. The number of carbonyl (C=O) groups excluding carboxylic acids is 1. The summed E-state index contributed by atoms with van der Waals surface area (Å²) in [4.78, 5) is 13.7. The van der Waals surface area contributed by atoms with Gasteiger partial charge in [0.2, 0.25) is 5.91 Å². The second kappa shape index (κ2) is 7.77. The lowest BCUT2D eigenvalue weighted by molar-refractivity contribution is -0.115. The van der Waals surface area contributed by atoms with Gasteiger partial charge in [0.15, 0.2) is 11.6 Å². The molecule has 1 amide bonds. The average molecular weight is 325 g/mol. The van der Waals surface area contributed by atoms with E-state index in [1.807, 2.05) is 0 Å². The molecule has 0 radical (unpaired) electrons. The minimum atomic E-state index is -0.0710. The Morgan fingerprint density at radius 3 is 2.29 bits per heavy atom. The quantitative estimate of drug-likeness (QED) is 0.879. The molecular formula is C18H23N5O. The van der Waals surface area contributed by atoms with E-state index in [2.05, 4.69) is 50.0 Å². The van der Waals surface area contributed by atoms with Crippen molar-refractivity contribution in [2.75, 3.05) is 28.6 Å². The van der Waals surface area contributed by atoms with Gasteiger partial charge in [0, 0.05) is 30.9 Å². The summed E-state index contributed by atoms with van der Waals surface area (Å²) in [5.41, 5.74) is 2.24. The summed E-state index contributed by atoms with van der Waals surface area (Å²) in [6.45, 7) is 4.08. The van der Waals surface area contributed by atoms with Gasteiger partial charge in [0.25, 0.3) is 0 Å². The molecule has 126 valence electrons. The molecule has 2 aromatic rings. The van der Waals surface area contributed by atoms with Crippen LogP contribution in [0.15, 0.2) is 36.4 Å². The Labute approximate surface area is 142 Å². The Bertz CT molecular complexity index is 663. The highest BCUT2D eigenvalue weighted by atomic mass is 16.1. The lowest BCUT2D eigenvalue weighted by atomic mass is 10.1. The van der Waals surface area contributed by atoms with Crippen molar-refractivity contribution < 1.29 is 4.79 Å². The third-order valence-electron chi connectivity index (χ3n) is 4.11. The van der Waals surface area contributed by atoms with Crippen LogP contribution in [0, 0.1) is 0 Å². The van der Waals surface area contributed by atoms with Gasteiger partial charge in [-0.25, -0.2) is 0 Å². The monoisotopic (exact) mass is 325 g/mol. The standard InChI is InChI=1S/C18H23N5O/c1-2-18(24)20-17-11-10-16(21-22-17)19-14-6-8-15(9-7-14)23-12-4-3-5-13-23/h6-11H,2-5,12-13H2,1H3,(H,19,21)(H,20,22,24). The lowest BCUT2D eigenvalue weighted by Crippen LogP contribution is -2.29. The fourth-order valence-corrected chi connectivity index (χ4v) is 2.75. The zero-order valence-corrected chi connectivity index (χ0v) is 14.0. The molecule has 6 nitrogen and oxygen atoms in total. The summed E-state index contributed by atoms with van der Waals surface area (Å²) in [7, 11) is 0. The molecule has 0 spiro atoms. The predicted octanol–water partition coefficient (Wildman–Crippen LogP) is 3.56. The third kappa shape index (κ3) is 4.22. The molecule has 1 aliphatic rings. The maximum absolute atomic E-state index is 11.3. The van der Waals surface area contributed by atoms with Crippen LogP contribution in [0.2, 0.25) is 0 Å². The number of rotatable bonds is 5. The van der Waals surface area contributed by atoms with Crippen LogP contribution in [0.4, 0.5) is 23.0 Å². The van der Waals surface area contributed by atoms with Gasteiger partial charge in [0.1, 0.15) is 0 Å². The second-order valence-corrected chi connectivity index (χ2v) is 5.93. The molecule has 1 fully saturated rings. The van der Waals surface area contributed by atoms with E-state index in [9.17, 15) is 4.79 Å². The topological polar surface area (TPSA) is 70.2 Å². The van der Waals surface area contributed by atoms with Gasteiger partial charge in [-0.05, 0) is 55.7 Å². The zero-order valence-electron chi connectivity index (χ0n) is 14.0. The van der Waals surface area contributed by atoms with Crippen molar-refractivity contribution >= 4 is 28.9 Å². The first-order valence-corrected chi connectivity index (χ1v) is 8.50. The maximum Gasteiger partial charge on any atom is 0.225 e. The highest BCUT2D eigenvalue weighted by Gasteiger charge is 2.10. The minimum Gasteiger partial charge on any atom is -0.372 e. The van der Waals surface area contributed by atoms with Crippen LogP contribution in [0.25, 0.3) is 0 Å². The van der Waals surface area contributed by atoms with E-state index in [4.69, 9.17) is 0 Å². The largest absolute Gasteiger partial charge is 0.372 e.